The van der Waals surface area contributed by atoms with E-state index in [9.17, 15) is 18.0 Å². The molecule has 2 heterocycles. The summed E-state index contributed by atoms with van der Waals surface area (Å²) in [7, 11) is 2.72. The van der Waals surface area contributed by atoms with Gasteiger partial charge in [-0.25, -0.2) is 0 Å². The highest BCUT2D eigenvalue weighted by Crippen LogP contribution is 2.52. The predicted octanol–water partition coefficient (Wildman–Crippen LogP) is 4.05. The summed E-state index contributed by atoms with van der Waals surface area (Å²) < 4.78 is 56.8. The summed E-state index contributed by atoms with van der Waals surface area (Å²) >= 11 is 5.51. The quantitative estimate of drug-likeness (QED) is 0.557. The van der Waals surface area contributed by atoms with Crippen molar-refractivity contribution in [3.8, 4) is 11.5 Å². The maximum Gasteiger partial charge on any atom is 0.416 e. The smallest absolute Gasteiger partial charge is 0.416 e. The molecule has 164 valence electrons. The first kappa shape index (κ1) is 21.2. The summed E-state index contributed by atoms with van der Waals surface area (Å²) in [5.74, 6) is -0.716. The number of benzene rings is 2. The molecule has 0 aliphatic carbocycles. The highest BCUT2D eigenvalue weighted by molar-refractivity contribution is 7.80. The predicted molar refractivity (Wildman–Crippen MR) is 110 cm³/mol. The molecule has 1 N–H and O–H groups in total. The van der Waals surface area contributed by atoms with Crippen LogP contribution in [0.1, 0.15) is 24.1 Å². The highest BCUT2D eigenvalue weighted by Gasteiger charge is 2.60. The highest BCUT2D eigenvalue weighted by atomic mass is 32.1. The van der Waals surface area contributed by atoms with Crippen LogP contribution in [0.5, 0.6) is 11.5 Å². The van der Waals surface area contributed by atoms with E-state index in [1.807, 2.05) is 0 Å². The molecule has 1 saturated heterocycles. The summed E-state index contributed by atoms with van der Waals surface area (Å²) in [5, 5.41) is 3.22. The molecular weight excluding hydrogens is 433 g/mol. The third-order valence-corrected chi connectivity index (χ3v) is 5.90. The van der Waals surface area contributed by atoms with E-state index in [1.54, 1.807) is 25.1 Å². The van der Waals surface area contributed by atoms with Gasteiger partial charge < -0.3 is 19.5 Å². The molecule has 3 atom stereocenters. The Hall–Kier alpha value is -3.01. The zero-order valence-corrected chi connectivity index (χ0v) is 17.6. The number of para-hydroxylation sites is 1. The number of methoxy groups -OCH3 is 2. The van der Waals surface area contributed by atoms with E-state index in [-0.39, 0.29) is 10.8 Å². The monoisotopic (exact) mass is 452 g/mol. The van der Waals surface area contributed by atoms with Crippen LogP contribution >= 0.6 is 12.2 Å². The van der Waals surface area contributed by atoms with Crippen molar-refractivity contribution in [1.82, 2.24) is 5.32 Å². The Morgan fingerprint density at radius 1 is 1.23 bits per heavy atom. The first-order valence-corrected chi connectivity index (χ1v) is 9.74. The van der Waals surface area contributed by atoms with Crippen molar-refractivity contribution in [3.63, 3.8) is 0 Å². The molecule has 2 bridgehead atoms. The minimum Gasteiger partial charge on any atom is -0.493 e. The zero-order valence-electron chi connectivity index (χ0n) is 16.8. The average molecular weight is 452 g/mol. The molecule has 6 nitrogen and oxygen atoms in total. The van der Waals surface area contributed by atoms with Crippen molar-refractivity contribution in [2.24, 2.45) is 5.92 Å². The van der Waals surface area contributed by atoms with Crippen LogP contribution in [0.2, 0.25) is 0 Å². The summed E-state index contributed by atoms with van der Waals surface area (Å²) in [5.41, 5.74) is -1.56. The van der Waals surface area contributed by atoms with Crippen LogP contribution in [-0.2, 0) is 15.7 Å². The van der Waals surface area contributed by atoms with Gasteiger partial charge in [-0.2, -0.15) is 13.2 Å². The van der Waals surface area contributed by atoms with Crippen LogP contribution in [0.4, 0.5) is 18.9 Å². The molecule has 0 aromatic heterocycles. The van der Waals surface area contributed by atoms with Crippen molar-refractivity contribution in [3.05, 3.63) is 53.6 Å². The van der Waals surface area contributed by atoms with Gasteiger partial charge in [-0.15, -0.1) is 0 Å². The number of carbonyl (C=O) groups excluding carboxylic acids is 1. The second kappa shape index (κ2) is 7.30. The van der Waals surface area contributed by atoms with Crippen molar-refractivity contribution in [2.75, 3.05) is 19.1 Å². The molecule has 4 rings (SSSR count). The lowest BCUT2D eigenvalue weighted by atomic mass is 9.79. The van der Waals surface area contributed by atoms with Crippen LogP contribution in [-0.4, -0.2) is 31.0 Å². The Bertz CT molecular complexity index is 1060. The standard InChI is InChI=1S/C21H19F3N2O4S/c1-20-15(18(27)29-3)16(13-8-5-9-14(28-2)17(13)30-20)25-19(31)26(20)12-7-4-6-11(10-12)21(22,23)24/h4-10,15-16H,1-3H3,(H,25,31)/t15-,16-,20-/m0/s1. The van der Waals surface area contributed by atoms with E-state index in [1.165, 1.54) is 31.3 Å². The third kappa shape index (κ3) is 3.25. The lowest BCUT2D eigenvalue weighted by Gasteiger charge is -2.55. The molecule has 1 fully saturated rings. The van der Waals surface area contributed by atoms with Crippen molar-refractivity contribution in [1.29, 1.82) is 0 Å². The van der Waals surface area contributed by atoms with E-state index in [4.69, 9.17) is 26.4 Å². The molecule has 2 aromatic rings. The number of halogens is 3. The van der Waals surface area contributed by atoms with Crippen molar-refractivity contribution >= 4 is 29.0 Å². The Labute approximate surface area is 181 Å². The van der Waals surface area contributed by atoms with Crippen LogP contribution in [0.15, 0.2) is 42.5 Å². The fourth-order valence-corrected chi connectivity index (χ4v) is 4.64. The number of alkyl halides is 3. The number of anilines is 1. The van der Waals surface area contributed by atoms with Gasteiger partial charge in [0.15, 0.2) is 16.6 Å². The number of ether oxygens (including phenoxy) is 3. The van der Waals surface area contributed by atoms with Crippen LogP contribution in [0, 0.1) is 5.92 Å². The molecule has 0 saturated carbocycles. The molecule has 2 aliphatic rings. The number of rotatable bonds is 3. The topological polar surface area (TPSA) is 60.0 Å². The minimum atomic E-state index is -4.55. The van der Waals surface area contributed by atoms with Gasteiger partial charge in [-0.05, 0) is 43.4 Å². The van der Waals surface area contributed by atoms with Crippen LogP contribution in [0.25, 0.3) is 0 Å². The fourth-order valence-electron chi connectivity index (χ4n) is 4.23. The number of esters is 1. The van der Waals surface area contributed by atoms with Gasteiger partial charge in [0.2, 0.25) is 5.72 Å². The molecule has 2 aliphatic heterocycles. The van der Waals surface area contributed by atoms with E-state index >= 15 is 0 Å². The number of nitrogens with zero attached hydrogens (tertiary/aromatic N) is 1. The molecule has 0 unspecified atom stereocenters. The van der Waals surface area contributed by atoms with Gasteiger partial charge in [-0.1, -0.05) is 18.2 Å². The lowest BCUT2D eigenvalue weighted by molar-refractivity contribution is -0.157. The van der Waals surface area contributed by atoms with Gasteiger partial charge in [0.05, 0.1) is 25.8 Å². The third-order valence-electron chi connectivity index (χ3n) is 5.60. The average Bonchev–Trinajstić information content (AvgIpc) is 2.72. The Morgan fingerprint density at radius 3 is 2.58 bits per heavy atom. The Kier molecular flexibility index (Phi) is 5.00. The van der Waals surface area contributed by atoms with Gasteiger partial charge >= 0.3 is 12.1 Å². The largest absolute Gasteiger partial charge is 0.493 e. The van der Waals surface area contributed by atoms with Crippen molar-refractivity contribution in [2.45, 2.75) is 24.9 Å². The maximum atomic E-state index is 13.3. The molecule has 10 heteroatoms. The van der Waals surface area contributed by atoms with E-state index in [0.717, 1.165) is 12.1 Å². The van der Waals surface area contributed by atoms with Gasteiger partial charge in [0, 0.05) is 11.3 Å². The number of hydrogen-bond acceptors (Lipinski definition) is 5. The molecule has 31 heavy (non-hydrogen) atoms. The second-order valence-electron chi connectivity index (χ2n) is 7.35. The van der Waals surface area contributed by atoms with Gasteiger partial charge in [0.25, 0.3) is 0 Å². The molecule has 2 aromatic carbocycles. The van der Waals surface area contributed by atoms with Crippen LogP contribution in [0.3, 0.4) is 0 Å². The molecule has 0 spiro atoms. The maximum absolute atomic E-state index is 13.3. The molecule has 0 amide bonds. The van der Waals surface area contributed by atoms with E-state index in [0.29, 0.717) is 17.1 Å². The first-order valence-electron chi connectivity index (χ1n) is 9.33. The van der Waals surface area contributed by atoms with Gasteiger partial charge in [0.1, 0.15) is 5.92 Å². The molecular formula is C21H19F3N2O4S. The number of carbonyl (C=O) groups is 1. The number of thiocarbonyl (C=S) groups is 1. The van der Waals surface area contributed by atoms with E-state index < -0.39 is 35.4 Å². The second-order valence-corrected chi connectivity index (χ2v) is 7.73. The zero-order chi connectivity index (χ0) is 22.6. The summed E-state index contributed by atoms with van der Waals surface area (Å²) in [4.78, 5) is 14.2. The van der Waals surface area contributed by atoms with Crippen LogP contribution < -0.4 is 19.7 Å². The van der Waals surface area contributed by atoms with E-state index in [2.05, 4.69) is 5.32 Å². The fraction of sp³-hybridized carbons (Fsp3) is 0.333. The Balaban J connectivity index is 1.92. The Morgan fingerprint density at radius 2 is 1.94 bits per heavy atom. The number of nitrogens with one attached hydrogen (secondary N) is 1. The normalized spacial score (nSPS) is 24.6. The molecule has 0 radical (unpaired) electrons. The number of fused-ring (bicyclic) bond motifs is 4. The first-order chi connectivity index (χ1) is 14.6. The summed E-state index contributed by atoms with van der Waals surface area (Å²) in [6, 6.07) is 9.29. The van der Waals surface area contributed by atoms with Crippen molar-refractivity contribution < 1.29 is 32.2 Å². The minimum absolute atomic E-state index is 0.125. The lowest BCUT2D eigenvalue weighted by Crippen LogP contribution is -2.71. The summed E-state index contributed by atoms with van der Waals surface area (Å²) in [6.45, 7) is 1.60. The number of hydrogen-bond donors (Lipinski definition) is 1. The SMILES string of the molecule is COC(=O)[C@@H]1[C@H]2NC(=S)N(c3cccc(C(F)(F)F)c3)[C@@]1(C)Oc1c(OC)cccc12. The summed E-state index contributed by atoms with van der Waals surface area (Å²) in [6.07, 6.45) is -4.55. The van der Waals surface area contributed by atoms with Gasteiger partial charge in [-0.3, -0.25) is 9.69 Å².